The topological polar surface area (TPSA) is 58.6 Å². The molecule has 1 N–H and O–H groups in total. The summed E-state index contributed by atoms with van der Waals surface area (Å²) >= 11 is 0. The molecule has 0 saturated carbocycles. The Morgan fingerprint density at radius 3 is 1.94 bits per heavy atom. The van der Waals surface area contributed by atoms with Crippen molar-refractivity contribution in [1.82, 2.24) is 10.2 Å². The zero-order valence-electron chi connectivity index (χ0n) is 18.9. The molecule has 5 nitrogen and oxygen atoms in total. The van der Waals surface area contributed by atoms with Crippen molar-refractivity contribution < 1.29 is 14.3 Å². The fourth-order valence-electron chi connectivity index (χ4n) is 4.34. The van der Waals surface area contributed by atoms with Crippen molar-refractivity contribution in [2.45, 2.75) is 31.7 Å². The van der Waals surface area contributed by atoms with E-state index in [0.717, 1.165) is 29.7 Å². The second kappa shape index (κ2) is 10.8. The number of benzene rings is 3. The predicted octanol–water partition coefficient (Wildman–Crippen LogP) is 4.64. The van der Waals surface area contributed by atoms with Gasteiger partial charge in [-0.3, -0.25) is 9.59 Å². The molecule has 5 heteroatoms. The Kier molecular flexibility index (Phi) is 7.40. The first-order chi connectivity index (χ1) is 16.2. The van der Waals surface area contributed by atoms with E-state index in [1.54, 1.807) is 0 Å². The smallest absolute Gasteiger partial charge is 0.253 e. The van der Waals surface area contributed by atoms with E-state index in [9.17, 15) is 9.59 Å². The Labute approximate surface area is 195 Å². The van der Waals surface area contributed by atoms with E-state index in [0.29, 0.717) is 25.3 Å². The van der Waals surface area contributed by atoms with Gasteiger partial charge in [0.25, 0.3) is 5.91 Å². The molecular weight excluding hydrogens is 412 g/mol. The molecule has 2 amide bonds. The Hall–Kier alpha value is -3.60. The highest BCUT2D eigenvalue weighted by atomic mass is 16.5. The minimum atomic E-state index is -0.351. The lowest BCUT2D eigenvalue weighted by molar-refractivity contribution is -0.122. The number of amides is 2. The zero-order chi connectivity index (χ0) is 23.0. The van der Waals surface area contributed by atoms with Crippen molar-refractivity contribution in [1.29, 1.82) is 0 Å². The van der Waals surface area contributed by atoms with Gasteiger partial charge >= 0.3 is 0 Å². The highest BCUT2D eigenvalue weighted by Crippen LogP contribution is 2.26. The summed E-state index contributed by atoms with van der Waals surface area (Å²) in [7, 11) is 0. The number of ether oxygens (including phenoxy) is 1. The molecule has 3 aromatic carbocycles. The van der Waals surface area contributed by atoms with Crippen LogP contribution in [0.3, 0.4) is 0 Å². The van der Waals surface area contributed by atoms with Crippen LogP contribution in [0.2, 0.25) is 0 Å². The normalized spacial score (nSPS) is 14.2. The molecular formula is C28H30N2O3. The summed E-state index contributed by atoms with van der Waals surface area (Å²) in [5, 5.41) is 3.24. The molecule has 0 unspecified atom stereocenters. The van der Waals surface area contributed by atoms with Crippen molar-refractivity contribution in [3.8, 4) is 5.75 Å². The lowest BCUT2D eigenvalue weighted by atomic mass is 9.90. The van der Waals surface area contributed by atoms with Crippen LogP contribution in [0, 0.1) is 0 Å². The second-order valence-electron chi connectivity index (χ2n) is 8.29. The molecule has 3 aromatic rings. The lowest BCUT2D eigenvalue weighted by Gasteiger charge is -2.33. The van der Waals surface area contributed by atoms with E-state index < -0.39 is 0 Å². The lowest BCUT2D eigenvalue weighted by Crippen LogP contribution is -2.47. The summed E-state index contributed by atoms with van der Waals surface area (Å²) in [6, 6.07) is 27.1. The van der Waals surface area contributed by atoms with Crippen LogP contribution in [0.4, 0.5) is 0 Å². The summed E-state index contributed by atoms with van der Waals surface area (Å²) in [5.41, 5.74) is 2.61. The first-order valence-corrected chi connectivity index (χ1v) is 11.6. The van der Waals surface area contributed by atoms with Crippen LogP contribution in [0.15, 0.2) is 84.9 Å². The summed E-state index contributed by atoms with van der Waals surface area (Å²) in [6.07, 6.45) is 1.48. The number of piperidine rings is 1. The fraction of sp³-hybridized carbons (Fsp3) is 0.286. The summed E-state index contributed by atoms with van der Waals surface area (Å²) in [4.78, 5) is 28.1. The Balaban J connectivity index is 1.37. The first-order valence-electron chi connectivity index (χ1n) is 11.6. The van der Waals surface area contributed by atoms with Gasteiger partial charge in [0.1, 0.15) is 5.75 Å². The van der Waals surface area contributed by atoms with E-state index in [1.165, 1.54) is 0 Å². The number of hydrogen-bond donors (Lipinski definition) is 1. The SMILES string of the molecule is CCOc1ccc(C(=O)N2CCC(NC(=O)C(c3ccccc3)c3ccccc3)CC2)cc1. The van der Waals surface area contributed by atoms with Gasteiger partial charge < -0.3 is 15.0 Å². The van der Waals surface area contributed by atoms with Crippen LogP contribution in [0.25, 0.3) is 0 Å². The van der Waals surface area contributed by atoms with Crippen LogP contribution in [0.1, 0.15) is 47.2 Å². The Morgan fingerprint density at radius 2 is 1.42 bits per heavy atom. The molecule has 0 spiro atoms. The molecule has 1 aliphatic rings. The third kappa shape index (κ3) is 5.61. The molecule has 1 saturated heterocycles. The Bertz CT molecular complexity index is 1000. The third-order valence-corrected chi connectivity index (χ3v) is 6.07. The summed E-state index contributed by atoms with van der Waals surface area (Å²) < 4.78 is 5.46. The van der Waals surface area contributed by atoms with Crippen LogP contribution in [-0.4, -0.2) is 42.5 Å². The van der Waals surface area contributed by atoms with Gasteiger partial charge in [-0.25, -0.2) is 0 Å². The molecule has 170 valence electrons. The minimum absolute atomic E-state index is 0.00342. The van der Waals surface area contributed by atoms with Crippen molar-refractivity contribution in [3.63, 3.8) is 0 Å². The van der Waals surface area contributed by atoms with E-state index in [4.69, 9.17) is 4.74 Å². The summed E-state index contributed by atoms with van der Waals surface area (Å²) in [5.74, 6) is 0.440. The number of rotatable bonds is 7. The van der Waals surface area contributed by atoms with Gasteiger partial charge in [-0.2, -0.15) is 0 Å². The highest BCUT2D eigenvalue weighted by molar-refractivity contribution is 5.94. The highest BCUT2D eigenvalue weighted by Gasteiger charge is 2.28. The monoisotopic (exact) mass is 442 g/mol. The maximum atomic E-state index is 13.3. The van der Waals surface area contributed by atoms with Crippen molar-refractivity contribution in [2.75, 3.05) is 19.7 Å². The molecule has 0 bridgehead atoms. The van der Waals surface area contributed by atoms with Gasteiger partial charge in [-0.15, -0.1) is 0 Å². The number of carbonyl (C=O) groups excluding carboxylic acids is 2. The average Bonchev–Trinajstić information content (AvgIpc) is 2.86. The molecule has 1 heterocycles. The van der Waals surface area contributed by atoms with Crippen molar-refractivity contribution >= 4 is 11.8 Å². The predicted molar refractivity (Wildman–Crippen MR) is 129 cm³/mol. The van der Waals surface area contributed by atoms with Gasteiger partial charge in [-0.05, 0) is 55.2 Å². The molecule has 0 aromatic heterocycles. The van der Waals surface area contributed by atoms with E-state index in [-0.39, 0.29) is 23.8 Å². The number of carbonyl (C=O) groups is 2. The molecule has 0 aliphatic carbocycles. The van der Waals surface area contributed by atoms with Crippen molar-refractivity contribution in [3.05, 3.63) is 102 Å². The molecule has 1 fully saturated rings. The summed E-state index contributed by atoms with van der Waals surface area (Å²) in [6.45, 7) is 3.78. The average molecular weight is 443 g/mol. The standard InChI is InChI=1S/C28H30N2O3/c1-2-33-25-15-13-23(14-16-25)28(32)30-19-17-24(18-20-30)29-27(31)26(21-9-5-3-6-10-21)22-11-7-4-8-12-22/h3-16,24,26H,2,17-20H2,1H3,(H,29,31). The zero-order valence-corrected chi connectivity index (χ0v) is 18.9. The maximum absolute atomic E-state index is 13.3. The fourth-order valence-corrected chi connectivity index (χ4v) is 4.34. The minimum Gasteiger partial charge on any atom is -0.494 e. The molecule has 4 rings (SSSR count). The molecule has 33 heavy (non-hydrogen) atoms. The third-order valence-electron chi connectivity index (χ3n) is 6.07. The van der Waals surface area contributed by atoms with Crippen LogP contribution in [-0.2, 0) is 4.79 Å². The van der Waals surface area contributed by atoms with E-state index in [2.05, 4.69) is 5.32 Å². The van der Waals surface area contributed by atoms with Gasteiger partial charge in [0, 0.05) is 24.7 Å². The van der Waals surface area contributed by atoms with E-state index in [1.807, 2.05) is 96.8 Å². The first kappa shape index (κ1) is 22.6. The number of nitrogens with zero attached hydrogens (tertiary/aromatic N) is 1. The largest absolute Gasteiger partial charge is 0.494 e. The molecule has 0 atom stereocenters. The number of likely N-dealkylation sites (tertiary alicyclic amines) is 1. The quantitative estimate of drug-likeness (QED) is 0.580. The van der Waals surface area contributed by atoms with E-state index >= 15 is 0 Å². The number of nitrogens with one attached hydrogen (secondary N) is 1. The number of hydrogen-bond acceptors (Lipinski definition) is 3. The van der Waals surface area contributed by atoms with Gasteiger partial charge in [0.2, 0.25) is 5.91 Å². The molecule has 0 radical (unpaired) electrons. The van der Waals surface area contributed by atoms with Crippen LogP contribution >= 0.6 is 0 Å². The van der Waals surface area contributed by atoms with Crippen molar-refractivity contribution in [2.24, 2.45) is 0 Å². The second-order valence-corrected chi connectivity index (χ2v) is 8.29. The molecule has 1 aliphatic heterocycles. The van der Waals surface area contributed by atoms with Gasteiger partial charge in [0.05, 0.1) is 12.5 Å². The van der Waals surface area contributed by atoms with Gasteiger partial charge in [-0.1, -0.05) is 60.7 Å². The maximum Gasteiger partial charge on any atom is 0.253 e. The van der Waals surface area contributed by atoms with Crippen LogP contribution < -0.4 is 10.1 Å². The van der Waals surface area contributed by atoms with Gasteiger partial charge in [0.15, 0.2) is 0 Å². The Morgan fingerprint density at radius 1 is 0.879 bits per heavy atom. The van der Waals surface area contributed by atoms with Crippen LogP contribution in [0.5, 0.6) is 5.75 Å².